The Morgan fingerprint density at radius 1 is 0.821 bits per heavy atom. The fourth-order valence-corrected chi connectivity index (χ4v) is 4.03. The first-order valence-corrected chi connectivity index (χ1v) is 10.6. The zero-order valence-electron chi connectivity index (χ0n) is 15.7. The van der Waals surface area contributed by atoms with Gasteiger partial charge in [0.2, 0.25) is 6.79 Å². The first kappa shape index (κ1) is 18.5. The summed E-state index contributed by atoms with van der Waals surface area (Å²) in [7, 11) is -3.28. The Morgan fingerprint density at radius 3 is 1.82 bits per heavy atom. The molecule has 4 nitrogen and oxygen atoms in total. The molecule has 0 fully saturated rings. The largest absolute Gasteiger partial charge is 0.454 e. The van der Waals surface area contributed by atoms with Gasteiger partial charge in [0, 0.05) is 6.26 Å². The predicted octanol–water partition coefficient (Wildman–Crippen LogP) is 4.91. The minimum atomic E-state index is -3.28. The molecule has 144 valence electrons. The summed E-state index contributed by atoms with van der Waals surface area (Å²) in [6.45, 7) is 3.62. The summed E-state index contributed by atoms with van der Waals surface area (Å²) >= 11 is 0. The number of rotatable bonds is 3. The third kappa shape index (κ3) is 3.24. The molecule has 1 aliphatic heterocycles. The normalized spacial score (nSPS) is 13.0. The smallest absolute Gasteiger partial charge is 0.231 e. The molecule has 4 rings (SSSR count). The van der Waals surface area contributed by atoms with E-state index in [4.69, 9.17) is 9.47 Å². The van der Waals surface area contributed by atoms with Crippen LogP contribution in [0.4, 0.5) is 4.39 Å². The van der Waals surface area contributed by atoms with Crippen LogP contribution in [-0.2, 0) is 9.84 Å². The molecule has 6 heteroatoms. The van der Waals surface area contributed by atoms with Crippen LogP contribution in [0.5, 0.6) is 11.5 Å². The van der Waals surface area contributed by atoms with E-state index in [0.717, 1.165) is 22.3 Å². The molecular weight excluding hydrogens is 379 g/mol. The SMILES string of the molecule is Cc1cc(-c2cc3c(cc2-c2ccc(S(C)(=O)=O)cc2)OCO3)cc(C)c1F. The van der Waals surface area contributed by atoms with E-state index in [2.05, 4.69) is 0 Å². The van der Waals surface area contributed by atoms with Crippen molar-refractivity contribution in [1.82, 2.24) is 0 Å². The number of fused-ring (bicyclic) bond motifs is 1. The van der Waals surface area contributed by atoms with Gasteiger partial charge in [0.05, 0.1) is 4.90 Å². The summed E-state index contributed by atoms with van der Waals surface area (Å²) in [4.78, 5) is 0.256. The first-order chi connectivity index (χ1) is 13.2. The number of halogens is 1. The van der Waals surface area contributed by atoms with Crippen LogP contribution in [0.1, 0.15) is 11.1 Å². The maximum absolute atomic E-state index is 14.1. The number of hydrogen-bond acceptors (Lipinski definition) is 4. The van der Waals surface area contributed by atoms with Crippen LogP contribution in [0.15, 0.2) is 53.4 Å². The summed E-state index contributed by atoms with van der Waals surface area (Å²) in [5.74, 6) is 1.04. The second kappa shape index (κ2) is 6.63. The quantitative estimate of drug-likeness (QED) is 0.629. The fourth-order valence-electron chi connectivity index (χ4n) is 3.40. The molecule has 0 amide bonds. The molecular formula is C22H19FO4S. The molecule has 0 N–H and O–H groups in total. The van der Waals surface area contributed by atoms with Gasteiger partial charge in [-0.25, -0.2) is 12.8 Å². The van der Waals surface area contributed by atoms with Crippen molar-refractivity contribution in [3.8, 4) is 33.8 Å². The highest BCUT2D eigenvalue weighted by atomic mass is 32.2. The minimum absolute atomic E-state index is 0.146. The third-order valence-electron chi connectivity index (χ3n) is 4.85. The molecule has 0 bridgehead atoms. The number of sulfone groups is 1. The number of ether oxygens (including phenoxy) is 2. The Labute approximate surface area is 163 Å². The molecule has 3 aromatic carbocycles. The lowest BCUT2D eigenvalue weighted by atomic mass is 9.92. The predicted molar refractivity (Wildman–Crippen MR) is 106 cm³/mol. The zero-order valence-corrected chi connectivity index (χ0v) is 16.6. The van der Waals surface area contributed by atoms with Gasteiger partial charge < -0.3 is 9.47 Å². The van der Waals surface area contributed by atoms with Gasteiger partial charge in [-0.2, -0.15) is 0 Å². The highest BCUT2D eigenvalue weighted by molar-refractivity contribution is 7.90. The molecule has 0 atom stereocenters. The van der Waals surface area contributed by atoms with Gasteiger partial charge in [-0.1, -0.05) is 12.1 Å². The molecule has 0 saturated carbocycles. The first-order valence-electron chi connectivity index (χ1n) is 8.75. The topological polar surface area (TPSA) is 52.6 Å². The molecule has 0 radical (unpaired) electrons. The van der Waals surface area contributed by atoms with E-state index in [1.807, 2.05) is 12.1 Å². The lowest BCUT2D eigenvalue weighted by Crippen LogP contribution is -1.96. The van der Waals surface area contributed by atoms with Crippen molar-refractivity contribution in [2.24, 2.45) is 0 Å². The molecule has 0 aromatic heterocycles. The Hall–Kier alpha value is -2.86. The average molecular weight is 398 g/mol. The Morgan fingerprint density at radius 2 is 1.32 bits per heavy atom. The number of benzene rings is 3. The van der Waals surface area contributed by atoms with Crippen LogP contribution in [0, 0.1) is 19.7 Å². The van der Waals surface area contributed by atoms with E-state index in [9.17, 15) is 12.8 Å². The highest BCUT2D eigenvalue weighted by Gasteiger charge is 2.20. The summed E-state index contributed by atoms with van der Waals surface area (Å²) in [6.07, 6.45) is 1.18. The van der Waals surface area contributed by atoms with E-state index in [0.29, 0.717) is 22.6 Å². The second-order valence-corrected chi connectivity index (χ2v) is 8.99. The van der Waals surface area contributed by atoms with Crippen molar-refractivity contribution in [3.63, 3.8) is 0 Å². The fraction of sp³-hybridized carbons (Fsp3) is 0.182. The van der Waals surface area contributed by atoms with Gasteiger partial charge >= 0.3 is 0 Å². The maximum atomic E-state index is 14.1. The van der Waals surface area contributed by atoms with E-state index < -0.39 is 9.84 Å². The molecule has 0 aliphatic carbocycles. The van der Waals surface area contributed by atoms with Gasteiger partial charge in [0.15, 0.2) is 21.3 Å². The van der Waals surface area contributed by atoms with Crippen LogP contribution < -0.4 is 9.47 Å². The average Bonchev–Trinajstić information content (AvgIpc) is 3.11. The van der Waals surface area contributed by atoms with Gasteiger partial charge in [-0.05, 0) is 83.6 Å². The van der Waals surface area contributed by atoms with Gasteiger partial charge in [0.25, 0.3) is 0 Å². The van der Waals surface area contributed by atoms with E-state index in [-0.39, 0.29) is 17.5 Å². The van der Waals surface area contributed by atoms with Crippen molar-refractivity contribution in [2.45, 2.75) is 18.7 Å². The van der Waals surface area contributed by atoms with Crippen molar-refractivity contribution in [3.05, 3.63) is 65.5 Å². The minimum Gasteiger partial charge on any atom is -0.454 e. The second-order valence-electron chi connectivity index (χ2n) is 6.97. The van der Waals surface area contributed by atoms with Gasteiger partial charge in [-0.3, -0.25) is 0 Å². The lowest BCUT2D eigenvalue weighted by molar-refractivity contribution is 0.174. The van der Waals surface area contributed by atoms with Crippen molar-refractivity contribution in [2.75, 3.05) is 13.0 Å². The van der Waals surface area contributed by atoms with Crippen molar-refractivity contribution >= 4 is 9.84 Å². The number of aryl methyl sites for hydroxylation is 2. The molecule has 28 heavy (non-hydrogen) atoms. The van der Waals surface area contributed by atoms with E-state index in [1.165, 1.54) is 6.26 Å². The zero-order chi connectivity index (χ0) is 20.1. The molecule has 1 heterocycles. The molecule has 0 unspecified atom stereocenters. The van der Waals surface area contributed by atoms with E-state index >= 15 is 0 Å². The number of hydrogen-bond donors (Lipinski definition) is 0. The van der Waals surface area contributed by atoms with Crippen molar-refractivity contribution < 1.29 is 22.3 Å². The molecule has 1 aliphatic rings. The van der Waals surface area contributed by atoms with Crippen LogP contribution in [0.3, 0.4) is 0 Å². The summed E-state index contributed by atoms with van der Waals surface area (Å²) in [6, 6.07) is 14.1. The van der Waals surface area contributed by atoms with Crippen LogP contribution in [-0.4, -0.2) is 21.5 Å². The molecule has 0 spiro atoms. The summed E-state index contributed by atoms with van der Waals surface area (Å²) < 4.78 is 48.7. The Kier molecular flexibility index (Phi) is 4.38. The highest BCUT2D eigenvalue weighted by Crippen LogP contribution is 2.43. The Balaban J connectivity index is 1.92. The van der Waals surface area contributed by atoms with Crippen LogP contribution >= 0.6 is 0 Å². The Bertz CT molecular complexity index is 1160. The standard InChI is InChI=1S/C22H19FO4S/c1-13-8-16(9-14(2)22(13)23)19-11-21-20(26-12-27-21)10-18(19)15-4-6-17(7-5-15)28(3,24)25/h4-11H,12H2,1-3H3. The van der Waals surface area contributed by atoms with Crippen molar-refractivity contribution in [1.29, 1.82) is 0 Å². The van der Waals surface area contributed by atoms with Crippen LogP contribution in [0.2, 0.25) is 0 Å². The van der Waals surface area contributed by atoms with Gasteiger partial charge in [0.1, 0.15) is 5.82 Å². The monoisotopic (exact) mass is 398 g/mol. The summed E-state index contributed by atoms with van der Waals surface area (Å²) in [5, 5.41) is 0. The van der Waals surface area contributed by atoms with E-state index in [1.54, 1.807) is 50.2 Å². The van der Waals surface area contributed by atoms with Crippen LogP contribution in [0.25, 0.3) is 22.3 Å². The maximum Gasteiger partial charge on any atom is 0.231 e. The third-order valence-corrected chi connectivity index (χ3v) is 5.98. The molecule has 0 saturated heterocycles. The van der Waals surface area contributed by atoms with Gasteiger partial charge in [-0.15, -0.1) is 0 Å². The summed E-state index contributed by atoms with van der Waals surface area (Å²) in [5.41, 5.74) is 4.53. The lowest BCUT2D eigenvalue weighted by Gasteiger charge is -2.14. The molecule has 3 aromatic rings.